The number of rotatable bonds is 7. The van der Waals surface area contributed by atoms with Crippen LogP contribution in [0.15, 0.2) is 12.4 Å². The Labute approximate surface area is 124 Å². The van der Waals surface area contributed by atoms with Crippen molar-refractivity contribution in [3.8, 4) is 0 Å². The lowest BCUT2D eigenvalue weighted by Gasteiger charge is -2.22. The molecule has 0 bridgehead atoms. The fourth-order valence-electron chi connectivity index (χ4n) is 2.43. The van der Waals surface area contributed by atoms with E-state index in [1.54, 1.807) is 29.0 Å². The highest BCUT2D eigenvalue weighted by atomic mass is 32.2. The first-order valence-corrected chi connectivity index (χ1v) is 8.45. The van der Waals surface area contributed by atoms with E-state index in [-0.39, 0.29) is 11.9 Å². The molecule has 20 heavy (non-hydrogen) atoms. The van der Waals surface area contributed by atoms with Crippen molar-refractivity contribution < 1.29 is 4.79 Å². The molecule has 1 aromatic heterocycles. The van der Waals surface area contributed by atoms with Crippen LogP contribution in [0.3, 0.4) is 0 Å². The first-order valence-electron chi connectivity index (χ1n) is 7.40. The van der Waals surface area contributed by atoms with Crippen molar-refractivity contribution in [2.24, 2.45) is 5.92 Å². The Hall–Kier alpha value is -1.04. The normalized spacial score (nSPS) is 17.6. The molecule has 1 fully saturated rings. The topological polar surface area (TPSA) is 59.8 Å². The van der Waals surface area contributed by atoms with Gasteiger partial charge in [0, 0.05) is 5.25 Å². The second kappa shape index (κ2) is 7.67. The number of nitrogens with one attached hydrogen (secondary N) is 1. The van der Waals surface area contributed by atoms with E-state index >= 15 is 0 Å². The average molecular weight is 296 g/mol. The van der Waals surface area contributed by atoms with Gasteiger partial charge in [0.05, 0.1) is 30.7 Å². The number of carbonyl (C=O) groups is 1. The molecule has 0 saturated heterocycles. The third kappa shape index (κ3) is 4.81. The van der Waals surface area contributed by atoms with Gasteiger partial charge < -0.3 is 5.32 Å². The molecule has 0 spiro atoms. The fraction of sp³-hybridized carbons (Fsp3) is 0.786. The second-order valence-corrected chi connectivity index (χ2v) is 7.01. The fourth-order valence-corrected chi connectivity index (χ4v) is 3.57. The van der Waals surface area contributed by atoms with E-state index in [0.717, 1.165) is 0 Å². The zero-order valence-corrected chi connectivity index (χ0v) is 13.1. The summed E-state index contributed by atoms with van der Waals surface area (Å²) in [6.45, 7) is 4.85. The first kappa shape index (κ1) is 15.4. The molecule has 1 N–H and O–H groups in total. The zero-order valence-electron chi connectivity index (χ0n) is 12.3. The van der Waals surface area contributed by atoms with Crippen LogP contribution in [0.4, 0.5) is 0 Å². The maximum atomic E-state index is 12.1. The van der Waals surface area contributed by atoms with Crippen LogP contribution in [0, 0.1) is 5.92 Å². The molecule has 5 nitrogen and oxygen atoms in total. The minimum atomic E-state index is 0.0825. The van der Waals surface area contributed by atoms with Gasteiger partial charge in [-0.15, -0.1) is 11.8 Å². The van der Waals surface area contributed by atoms with Crippen LogP contribution in [0.25, 0.3) is 0 Å². The van der Waals surface area contributed by atoms with Gasteiger partial charge in [-0.1, -0.05) is 26.7 Å². The molecule has 1 aromatic rings. The monoisotopic (exact) mass is 296 g/mol. The highest BCUT2D eigenvalue weighted by Gasteiger charge is 2.20. The number of amides is 1. The molecule has 1 amide bonds. The molecule has 1 aliphatic rings. The Morgan fingerprint density at radius 3 is 2.60 bits per heavy atom. The molecule has 1 aliphatic carbocycles. The van der Waals surface area contributed by atoms with Crippen molar-refractivity contribution in [2.45, 2.75) is 57.4 Å². The Balaban J connectivity index is 1.76. The minimum absolute atomic E-state index is 0.0825. The Bertz CT molecular complexity index is 401. The van der Waals surface area contributed by atoms with Gasteiger partial charge in [-0.25, -0.2) is 0 Å². The van der Waals surface area contributed by atoms with Gasteiger partial charge in [-0.3, -0.25) is 4.79 Å². The van der Waals surface area contributed by atoms with Gasteiger partial charge in [0.25, 0.3) is 0 Å². The summed E-state index contributed by atoms with van der Waals surface area (Å²) in [6, 6.07) is 0.0825. The summed E-state index contributed by atoms with van der Waals surface area (Å²) in [6.07, 6.45) is 8.49. The molecule has 0 aliphatic heterocycles. The Kier molecular flexibility index (Phi) is 5.88. The van der Waals surface area contributed by atoms with Gasteiger partial charge >= 0.3 is 0 Å². The summed E-state index contributed by atoms with van der Waals surface area (Å²) in [5.74, 6) is 1.06. The van der Waals surface area contributed by atoms with E-state index in [0.29, 0.717) is 23.5 Å². The van der Waals surface area contributed by atoms with E-state index in [9.17, 15) is 4.79 Å². The van der Waals surface area contributed by atoms with Gasteiger partial charge in [0.15, 0.2) is 0 Å². The van der Waals surface area contributed by atoms with Crippen LogP contribution in [-0.4, -0.2) is 37.9 Å². The molecule has 1 heterocycles. The Morgan fingerprint density at radius 1 is 1.35 bits per heavy atom. The standard InChI is InChI=1S/C14H24N4OS/c1-11(2)13(9-18-15-7-8-16-18)17-14(19)10-20-12-5-3-4-6-12/h7-8,11-13H,3-6,9-10H2,1-2H3,(H,17,19). The van der Waals surface area contributed by atoms with Crippen molar-refractivity contribution in [1.82, 2.24) is 20.3 Å². The maximum Gasteiger partial charge on any atom is 0.230 e. The predicted octanol–water partition coefficient (Wildman–Crippen LogP) is 2.09. The molecule has 2 rings (SSSR count). The third-order valence-corrected chi connectivity index (χ3v) is 5.10. The summed E-state index contributed by atoms with van der Waals surface area (Å²) < 4.78 is 0. The molecule has 0 radical (unpaired) electrons. The maximum absolute atomic E-state index is 12.1. The van der Waals surface area contributed by atoms with Crippen molar-refractivity contribution >= 4 is 17.7 Å². The minimum Gasteiger partial charge on any atom is -0.350 e. The molecule has 1 unspecified atom stereocenters. The highest BCUT2D eigenvalue weighted by Crippen LogP contribution is 2.29. The van der Waals surface area contributed by atoms with E-state index in [4.69, 9.17) is 0 Å². The number of aromatic nitrogens is 3. The van der Waals surface area contributed by atoms with Gasteiger partial charge in [-0.05, 0) is 18.8 Å². The SMILES string of the molecule is CC(C)C(Cn1nccn1)NC(=O)CSC1CCCC1. The quantitative estimate of drug-likeness (QED) is 0.837. The summed E-state index contributed by atoms with van der Waals surface area (Å²) in [5, 5.41) is 12.0. The zero-order chi connectivity index (χ0) is 14.4. The number of carbonyl (C=O) groups excluding carboxylic acids is 1. The van der Waals surface area contributed by atoms with E-state index < -0.39 is 0 Å². The second-order valence-electron chi connectivity index (χ2n) is 5.72. The summed E-state index contributed by atoms with van der Waals surface area (Å²) in [4.78, 5) is 13.7. The lowest BCUT2D eigenvalue weighted by Crippen LogP contribution is -2.43. The number of hydrogen-bond acceptors (Lipinski definition) is 4. The van der Waals surface area contributed by atoms with Crippen LogP contribution in [-0.2, 0) is 11.3 Å². The van der Waals surface area contributed by atoms with Crippen LogP contribution in [0.1, 0.15) is 39.5 Å². The van der Waals surface area contributed by atoms with E-state index in [1.165, 1.54) is 25.7 Å². The first-order chi connectivity index (χ1) is 9.65. The van der Waals surface area contributed by atoms with Crippen molar-refractivity contribution in [3.05, 3.63) is 12.4 Å². The summed E-state index contributed by atoms with van der Waals surface area (Å²) in [5.41, 5.74) is 0. The van der Waals surface area contributed by atoms with Gasteiger partial charge in [-0.2, -0.15) is 15.0 Å². The van der Waals surface area contributed by atoms with E-state index in [2.05, 4.69) is 29.4 Å². The number of thioether (sulfide) groups is 1. The van der Waals surface area contributed by atoms with Gasteiger partial charge in [0.1, 0.15) is 0 Å². The highest BCUT2D eigenvalue weighted by molar-refractivity contribution is 8.00. The lowest BCUT2D eigenvalue weighted by atomic mass is 10.0. The molecule has 0 aromatic carbocycles. The van der Waals surface area contributed by atoms with Crippen LogP contribution in [0.2, 0.25) is 0 Å². The third-order valence-electron chi connectivity index (χ3n) is 3.73. The molecule has 6 heteroatoms. The van der Waals surface area contributed by atoms with Crippen LogP contribution < -0.4 is 5.32 Å². The largest absolute Gasteiger partial charge is 0.350 e. The molecular formula is C14H24N4OS. The van der Waals surface area contributed by atoms with Crippen molar-refractivity contribution in [1.29, 1.82) is 0 Å². The lowest BCUT2D eigenvalue weighted by molar-refractivity contribution is -0.119. The average Bonchev–Trinajstić information content (AvgIpc) is 3.08. The Morgan fingerprint density at radius 2 is 2.00 bits per heavy atom. The molecular weight excluding hydrogens is 272 g/mol. The van der Waals surface area contributed by atoms with Crippen LogP contribution in [0.5, 0.6) is 0 Å². The molecule has 112 valence electrons. The summed E-state index contributed by atoms with van der Waals surface area (Å²) >= 11 is 1.80. The van der Waals surface area contributed by atoms with Crippen LogP contribution >= 0.6 is 11.8 Å². The van der Waals surface area contributed by atoms with Crippen molar-refractivity contribution in [3.63, 3.8) is 0 Å². The smallest absolute Gasteiger partial charge is 0.230 e. The van der Waals surface area contributed by atoms with Crippen molar-refractivity contribution in [2.75, 3.05) is 5.75 Å². The molecule has 1 saturated carbocycles. The number of nitrogens with zero attached hydrogens (tertiary/aromatic N) is 3. The summed E-state index contributed by atoms with van der Waals surface area (Å²) in [7, 11) is 0. The molecule has 1 atom stereocenters. The number of hydrogen-bond donors (Lipinski definition) is 1. The predicted molar refractivity (Wildman–Crippen MR) is 81.5 cm³/mol. The van der Waals surface area contributed by atoms with E-state index in [1.807, 2.05) is 0 Å². The van der Waals surface area contributed by atoms with Gasteiger partial charge in [0.2, 0.25) is 5.91 Å².